The van der Waals surface area contributed by atoms with E-state index in [-0.39, 0.29) is 23.8 Å². The van der Waals surface area contributed by atoms with E-state index in [4.69, 9.17) is 9.26 Å². The normalized spacial score (nSPS) is 12.3. The van der Waals surface area contributed by atoms with Gasteiger partial charge in [0.1, 0.15) is 6.04 Å². The Morgan fingerprint density at radius 3 is 2.05 bits per heavy atom. The molecule has 1 aromatic carbocycles. The summed E-state index contributed by atoms with van der Waals surface area (Å²) in [6.45, 7) is 9.19. The van der Waals surface area contributed by atoms with Crippen LogP contribution in [0.1, 0.15) is 34.6 Å². The minimum atomic E-state index is -1.57. The number of carbonyl (C=O) groups is 1. The molecule has 0 aliphatic carbocycles. The maximum atomic E-state index is 11.2. The van der Waals surface area contributed by atoms with Gasteiger partial charge in [0.25, 0.3) is 0 Å². The van der Waals surface area contributed by atoms with Crippen LogP contribution in [0.3, 0.4) is 0 Å². The zero-order valence-corrected chi connectivity index (χ0v) is 15.1. The summed E-state index contributed by atoms with van der Waals surface area (Å²) in [4.78, 5) is 10.9. The second-order valence-corrected chi connectivity index (χ2v) is 7.07. The molecule has 1 rings (SSSR count). The van der Waals surface area contributed by atoms with Crippen molar-refractivity contribution in [2.24, 2.45) is 0 Å². The van der Waals surface area contributed by atoms with Crippen LogP contribution in [-0.4, -0.2) is 30.8 Å². The molecule has 2 atom stereocenters. The molecular formula is C16H27NO4P+. The molecule has 0 fully saturated rings. The van der Waals surface area contributed by atoms with E-state index in [1.54, 1.807) is 26.1 Å². The molecule has 0 saturated heterocycles. The Morgan fingerprint density at radius 1 is 1.09 bits per heavy atom. The number of rotatable bonds is 6. The molecule has 0 spiro atoms. The fourth-order valence-electron chi connectivity index (χ4n) is 1.14. The number of carbonyl (C=O) groups excluding carboxylic acids is 1. The summed E-state index contributed by atoms with van der Waals surface area (Å²) in [7, 11) is 0.163. The van der Waals surface area contributed by atoms with Gasteiger partial charge in [0.05, 0.1) is 6.10 Å². The summed E-state index contributed by atoms with van der Waals surface area (Å²) in [6.07, 6.45) is -0.0247. The largest absolute Gasteiger partial charge is 0.558 e. The molecule has 0 bridgehead atoms. The average molecular weight is 328 g/mol. The van der Waals surface area contributed by atoms with E-state index >= 15 is 0 Å². The highest BCUT2D eigenvalue weighted by Gasteiger charge is 2.23. The molecule has 0 saturated carbocycles. The third kappa shape index (κ3) is 9.48. The van der Waals surface area contributed by atoms with Gasteiger partial charge in [-0.2, -0.15) is 0 Å². The van der Waals surface area contributed by atoms with Gasteiger partial charge in [-0.05, 0) is 58.4 Å². The lowest BCUT2D eigenvalue weighted by Crippen LogP contribution is -2.33. The third-order valence-corrected chi connectivity index (χ3v) is 3.73. The predicted octanol–water partition coefficient (Wildman–Crippen LogP) is 3.76. The Bertz CT molecular complexity index is 449. The van der Waals surface area contributed by atoms with Crippen molar-refractivity contribution >= 4 is 14.0 Å². The van der Waals surface area contributed by atoms with Crippen molar-refractivity contribution in [1.82, 2.24) is 5.32 Å². The monoisotopic (exact) mass is 328 g/mol. The van der Waals surface area contributed by atoms with Crippen LogP contribution in [0.15, 0.2) is 30.3 Å². The van der Waals surface area contributed by atoms with Crippen LogP contribution in [-0.2, 0) is 14.1 Å². The molecule has 0 amide bonds. The number of benzene rings is 1. The molecule has 0 heterocycles. The van der Waals surface area contributed by atoms with E-state index in [0.29, 0.717) is 5.75 Å². The van der Waals surface area contributed by atoms with Crippen LogP contribution in [0.25, 0.3) is 0 Å². The highest BCUT2D eigenvalue weighted by molar-refractivity contribution is 7.40. The Morgan fingerprint density at radius 2 is 1.64 bits per heavy atom. The van der Waals surface area contributed by atoms with Gasteiger partial charge < -0.3 is 10.1 Å². The quantitative estimate of drug-likeness (QED) is 0.636. The van der Waals surface area contributed by atoms with E-state index in [9.17, 15) is 9.36 Å². The molecule has 0 aromatic heterocycles. The van der Waals surface area contributed by atoms with Crippen LogP contribution in [0.4, 0.5) is 0 Å². The second-order valence-electron chi connectivity index (χ2n) is 5.28. The molecule has 22 heavy (non-hydrogen) atoms. The Kier molecular flexibility index (Phi) is 10.4. The number of hydrogen-bond donors (Lipinski definition) is 1. The number of likely N-dealkylation sites (N-methyl/N-ethyl adjacent to an activating group) is 1. The van der Waals surface area contributed by atoms with Gasteiger partial charge in [-0.1, -0.05) is 18.2 Å². The topological polar surface area (TPSA) is 64.6 Å². The van der Waals surface area contributed by atoms with Crippen LogP contribution in [0.5, 0.6) is 5.75 Å². The minimum absolute atomic E-state index is 0.0247. The molecule has 1 N–H and O–H groups in total. The molecule has 0 aliphatic rings. The smallest absolute Gasteiger partial charge is 0.462 e. The van der Waals surface area contributed by atoms with Gasteiger partial charge in [0, 0.05) is 0 Å². The summed E-state index contributed by atoms with van der Waals surface area (Å²) < 4.78 is 21.3. The van der Waals surface area contributed by atoms with Crippen LogP contribution >= 0.6 is 8.03 Å². The van der Waals surface area contributed by atoms with E-state index in [0.717, 1.165) is 0 Å². The van der Waals surface area contributed by atoms with Crippen molar-refractivity contribution in [3.63, 3.8) is 0 Å². The molecule has 6 heteroatoms. The SMILES string of the molecule is CC(C)[P+](=O)Oc1ccccc1.CN[C@H](C)C(=O)OC(C)C. The fourth-order valence-corrected chi connectivity index (χ4v) is 1.68. The number of ether oxygens (including phenoxy) is 1. The maximum absolute atomic E-state index is 11.2. The molecule has 0 aliphatic heterocycles. The van der Waals surface area contributed by atoms with E-state index in [2.05, 4.69) is 5.32 Å². The molecule has 0 radical (unpaired) electrons. The lowest BCUT2D eigenvalue weighted by Gasteiger charge is -2.12. The summed E-state index contributed by atoms with van der Waals surface area (Å²) in [5, 5.41) is 2.80. The van der Waals surface area contributed by atoms with Crippen molar-refractivity contribution in [3.8, 4) is 5.75 Å². The number of para-hydroxylation sites is 1. The lowest BCUT2D eigenvalue weighted by atomic mass is 10.3. The maximum Gasteiger partial charge on any atom is 0.558 e. The molecular weight excluding hydrogens is 301 g/mol. The molecule has 124 valence electrons. The summed E-state index contributed by atoms with van der Waals surface area (Å²) in [5.74, 6) is 0.477. The van der Waals surface area contributed by atoms with E-state index in [1.165, 1.54) is 0 Å². The highest BCUT2D eigenvalue weighted by atomic mass is 31.1. The summed E-state index contributed by atoms with van der Waals surface area (Å²) in [6, 6.07) is 9.01. The molecule has 1 aromatic rings. The average Bonchev–Trinajstić information content (AvgIpc) is 2.47. The first-order valence-electron chi connectivity index (χ1n) is 7.35. The first-order valence-corrected chi connectivity index (χ1v) is 8.59. The lowest BCUT2D eigenvalue weighted by molar-refractivity contribution is -0.149. The van der Waals surface area contributed by atoms with Gasteiger partial charge in [-0.3, -0.25) is 9.32 Å². The van der Waals surface area contributed by atoms with Crippen LogP contribution in [0.2, 0.25) is 0 Å². The molecule has 1 unspecified atom stereocenters. The Labute approximate surface area is 134 Å². The first-order chi connectivity index (χ1) is 10.3. The fraction of sp³-hybridized carbons (Fsp3) is 0.562. The zero-order chi connectivity index (χ0) is 17.1. The van der Waals surface area contributed by atoms with Gasteiger partial charge in [0.2, 0.25) is 0 Å². The van der Waals surface area contributed by atoms with Crippen molar-refractivity contribution in [3.05, 3.63) is 30.3 Å². The van der Waals surface area contributed by atoms with Crippen molar-refractivity contribution in [1.29, 1.82) is 0 Å². The highest BCUT2D eigenvalue weighted by Crippen LogP contribution is 2.30. The minimum Gasteiger partial charge on any atom is -0.462 e. The van der Waals surface area contributed by atoms with Crippen molar-refractivity contribution < 1.29 is 18.6 Å². The first kappa shape index (κ1) is 20.6. The number of hydrogen-bond acceptors (Lipinski definition) is 5. The molecule has 5 nitrogen and oxygen atoms in total. The van der Waals surface area contributed by atoms with Gasteiger partial charge in [-0.25, -0.2) is 0 Å². The second kappa shape index (κ2) is 11.2. The Balaban J connectivity index is 0.000000409. The predicted molar refractivity (Wildman–Crippen MR) is 89.6 cm³/mol. The van der Waals surface area contributed by atoms with E-state index in [1.807, 2.05) is 45.9 Å². The standard InChI is InChI=1S/C9H12O2P.C7H15NO2/c1-8(2)12(10)11-9-6-4-3-5-7-9;1-5(2)10-7(9)6(3)8-4/h3-8H,1-2H3;5-6,8H,1-4H3/q+1;/t;6-/m.1/s1. The van der Waals surface area contributed by atoms with Gasteiger partial charge in [-0.15, -0.1) is 0 Å². The zero-order valence-electron chi connectivity index (χ0n) is 14.2. The van der Waals surface area contributed by atoms with Crippen LogP contribution < -0.4 is 9.84 Å². The van der Waals surface area contributed by atoms with E-state index < -0.39 is 8.03 Å². The van der Waals surface area contributed by atoms with Crippen LogP contribution in [0, 0.1) is 0 Å². The summed E-state index contributed by atoms with van der Waals surface area (Å²) >= 11 is 0. The third-order valence-electron chi connectivity index (χ3n) is 2.50. The van der Waals surface area contributed by atoms with Gasteiger partial charge in [0.15, 0.2) is 11.4 Å². The Hall–Kier alpha value is -1.45. The van der Waals surface area contributed by atoms with Crippen molar-refractivity contribution in [2.45, 2.75) is 52.4 Å². The number of esters is 1. The van der Waals surface area contributed by atoms with Gasteiger partial charge >= 0.3 is 14.0 Å². The summed E-state index contributed by atoms with van der Waals surface area (Å²) in [5.41, 5.74) is 0.0696. The number of nitrogens with one attached hydrogen (secondary N) is 1. The van der Waals surface area contributed by atoms with Crippen molar-refractivity contribution in [2.75, 3.05) is 7.05 Å².